The molecule has 0 heterocycles. The van der Waals surface area contributed by atoms with Gasteiger partial charge in [-0.15, -0.1) is 0 Å². The van der Waals surface area contributed by atoms with E-state index >= 15 is 0 Å². The Morgan fingerprint density at radius 3 is 2.11 bits per heavy atom. The van der Waals surface area contributed by atoms with Crippen LogP contribution in [0.2, 0.25) is 6.04 Å². The molecule has 0 fully saturated rings. The van der Waals surface area contributed by atoms with Crippen LogP contribution in [0.3, 0.4) is 0 Å². The standard InChI is InChI=1S/C13H26O4Si/c1-6-11-18(15-9-4,16-10-5)13(8-3)17-12(14)7-2/h7,13H,2,6,8-11H2,1,3-5H3. The monoisotopic (exact) mass is 274 g/mol. The Morgan fingerprint density at radius 2 is 1.78 bits per heavy atom. The van der Waals surface area contributed by atoms with Gasteiger partial charge >= 0.3 is 14.5 Å². The maximum Gasteiger partial charge on any atom is 0.380 e. The molecule has 0 rings (SSSR count). The van der Waals surface area contributed by atoms with E-state index in [9.17, 15) is 4.79 Å². The van der Waals surface area contributed by atoms with Crippen molar-refractivity contribution in [3.05, 3.63) is 12.7 Å². The van der Waals surface area contributed by atoms with E-state index in [2.05, 4.69) is 13.5 Å². The van der Waals surface area contributed by atoms with Crippen molar-refractivity contribution >= 4 is 14.5 Å². The van der Waals surface area contributed by atoms with Gasteiger partial charge in [-0.1, -0.05) is 26.8 Å². The molecule has 0 amide bonds. The molecule has 0 aromatic rings. The quantitative estimate of drug-likeness (QED) is 0.349. The van der Waals surface area contributed by atoms with Crippen molar-refractivity contribution in [2.24, 2.45) is 0 Å². The largest absolute Gasteiger partial charge is 0.457 e. The molecule has 0 aromatic heterocycles. The fraction of sp³-hybridized carbons (Fsp3) is 0.769. The van der Waals surface area contributed by atoms with Gasteiger partial charge in [0.2, 0.25) is 0 Å². The lowest BCUT2D eigenvalue weighted by molar-refractivity contribution is -0.141. The first-order valence-corrected chi connectivity index (χ1v) is 8.81. The summed E-state index contributed by atoms with van der Waals surface area (Å²) in [6.45, 7) is 12.5. The van der Waals surface area contributed by atoms with Crippen molar-refractivity contribution in [1.29, 1.82) is 0 Å². The Balaban J connectivity index is 5.04. The van der Waals surface area contributed by atoms with Crippen molar-refractivity contribution < 1.29 is 18.4 Å². The zero-order valence-corrected chi connectivity index (χ0v) is 13.0. The van der Waals surface area contributed by atoms with E-state index in [-0.39, 0.29) is 5.73 Å². The molecule has 18 heavy (non-hydrogen) atoms. The zero-order valence-electron chi connectivity index (χ0n) is 12.0. The fourth-order valence-electron chi connectivity index (χ4n) is 2.04. The summed E-state index contributed by atoms with van der Waals surface area (Å²) < 4.78 is 17.3. The number of carbonyl (C=O) groups is 1. The Hall–Kier alpha value is -0.653. The summed E-state index contributed by atoms with van der Waals surface area (Å²) in [5.41, 5.74) is -0.275. The minimum atomic E-state index is -2.49. The van der Waals surface area contributed by atoms with E-state index in [4.69, 9.17) is 13.6 Å². The Bertz CT molecular complexity index is 238. The van der Waals surface area contributed by atoms with E-state index in [0.29, 0.717) is 19.6 Å². The number of rotatable bonds is 10. The van der Waals surface area contributed by atoms with Crippen molar-refractivity contribution in [3.63, 3.8) is 0 Å². The highest BCUT2D eigenvalue weighted by Crippen LogP contribution is 2.25. The zero-order chi connectivity index (χ0) is 14.0. The molecule has 0 aliphatic rings. The highest BCUT2D eigenvalue weighted by Gasteiger charge is 2.46. The van der Waals surface area contributed by atoms with Crippen molar-refractivity contribution in [3.8, 4) is 0 Å². The van der Waals surface area contributed by atoms with Gasteiger partial charge in [0.1, 0.15) is 5.73 Å². The number of esters is 1. The van der Waals surface area contributed by atoms with Gasteiger partial charge in [-0.05, 0) is 26.3 Å². The van der Waals surface area contributed by atoms with E-state index < -0.39 is 14.5 Å². The second-order valence-electron chi connectivity index (χ2n) is 3.97. The molecule has 0 aromatic carbocycles. The summed E-state index contributed by atoms with van der Waals surface area (Å²) >= 11 is 0. The van der Waals surface area contributed by atoms with Gasteiger partial charge in [-0.2, -0.15) is 0 Å². The van der Waals surface area contributed by atoms with Crippen LogP contribution in [0.15, 0.2) is 12.7 Å². The van der Waals surface area contributed by atoms with Gasteiger partial charge in [0.05, 0.1) is 0 Å². The molecule has 0 saturated heterocycles. The third-order valence-corrected chi connectivity index (χ3v) is 6.92. The van der Waals surface area contributed by atoms with Crippen LogP contribution in [0.4, 0.5) is 0 Å². The van der Waals surface area contributed by atoms with Crippen LogP contribution >= 0.6 is 0 Å². The molecule has 4 nitrogen and oxygen atoms in total. The van der Waals surface area contributed by atoms with E-state index in [1.165, 1.54) is 6.08 Å². The highest BCUT2D eigenvalue weighted by atomic mass is 28.4. The number of hydrogen-bond acceptors (Lipinski definition) is 4. The summed E-state index contributed by atoms with van der Waals surface area (Å²) in [7, 11) is -2.49. The molecule has 0 bridgehead atoms. The topological polar surface area (TPSA) is 44.8 Å². The molecule has 0 N–H and O–H groups in total. The molecule has 0 aliphatic heterocycles. The fourth-order valence-corrected chi connectivity index (χ4v) is 5.70. The number of ether oxygens (including phenoxy) is 1. The van der Waals surface area contributed by atoms with Crippen molar-refractivity contribution in [2.45, 2.75) is 52.3 Å². The smallest absolute Gasteiger partial charge is 0.380 e. The minimum Gasteiger partial charge on any atom is -0.457 e. The van der Waals surface area contributed by atoms with Gasteiger partial charge in [-0.3, -0.25) is 0 Å². The second-order valence-corrected chi connectivity index (χ2v) is 7.31. The molecule has 0 saturated carbocycles. The minimum absolute atomic E-state index is 0.275. The molecule has 0 radical (unpaired) electrons. The van der Waals surface area contributed by atoms with Crippen molar-refractivity contribution in [2.75, 3.05) is 13.2 Å². The maximum absolute atomic E-state index is 11.4. The SMILES string of the molecule is C=CC(=O)OC(CC)[Si](CCC)(OCC)OCC. The van der Waals surface area contributed by atoms with Crippen LogP contribution in [0.25, 0.3) is 0 Å². The molecule has 106 valence electrons. The average molecular weight is 274 g/mol. The van der Waals surface area contributed by atoms with Gasteiger partial charge in [0.15, 0.2) is 0 Å². The Morgan fingerprint density at radius 1 is 1.22 bits per heavy atom. The average Bonchev–Trinajstić information content (AvgIpc) is 2.36. The van der Waals surface area contributed by atoms with Crippen LogP contribution < -0.4 is 0 Å². The predicted molar refractivity (Wildman–Crippen MR) is 74.5 cm³/mol. The Kier molecular flexibility index (Phi) is 8.96. The van der Waals surface area contributed by atoms with Crippen LogP contribution in [-0.4, -0.2) is 33.5 Å². The van der Waals surface area contributed by atoms with E-state index in [1.807, 2.05) is 20.8 Å². The normalized spacial score (nSPS) is 13.1. The Labute approximate surface area is 112 Å². The van der Waals surface area contributed by atoms with Gasteiger partial charge < -0.3 is 13.6 Å². The molecular formula is C13H26O4Si. The number of carbonyl (C=O) groups excluding carboxylic acids is 1. The highest BCUT2D eigenvalue weighted by molar-refractivity contribution is 6.69. The molecule has 5 heteroatoms. The summed E-state index contributed by atoms with van der Waals surface area (Å²) in [5.74, 6) is -0.408. The summed E-state index contributed by atoms with van der Waals surface area (Å²) in [4.78, 5) is 11.4. The molecule has 0 spiro atoms. The van der Waals surface area contributed by atoms with E-state index in [0.717, 1.165) is 12.5 Å². The van der Waals surface area contributed by atoms with Gasteiger partial charge in [-0.25, -0.2) is 4.79 Å². The summed E-state index contributed by atoms with van der Waals surface area (Å²) in [6, 6.07) is 0.831. The lowest BCUT2D eigenvalue weighted by Crippen LogP contribution is -2.55. The molecule has 1 atom stereocenters. The first-order valence-electron chi connectivity index (χ1n) is 6.71. The van der Waals surface area contributed by atoms with Crippen molar-refractivity contribution in [1.82, 2.24) is 0 Å². The van der Waals surface area contributed by atoms with E-state index in [1.54, 1.807) is 0 Å². The van der Waals surface area contributed by atoms with Crippen LogP contribution in [0, 0.1) is 0 Å². The first-order chi connectivity index (χ1) is 8.60. The number of hydrogen-bond donors (Lipinski definition) is 0. The maximum atomic E-state index is 11.4. The van der Waals surface area contributed by atoms with Gasteiger partial charge in [0, 0.05) is 19.3 Å². The lowest BCUT2D eigenvalue weighted by atomic mass is 10.5. The summed E-state index contributed by atoms with van der Waals surface area (Å²) in [6.07, 6.45) is 2.84. The predicted octanol–water partition coefficient (Wildman–Crippen LogP) is 2.96. The third kappa shape index (κ3) is 4.92. The molecular weight excluding hydrogens is 248 g/mol. The molecule has 1 unspecified atom stereocenters. The van der Waals surface area contributed by atoms with Crippen LogP contribution in [-0.2, 0) is 18.4 Å². The summed E-state index contributed by atoms with van der Waals surface area (Å²) in [5, 5.41) is 0. The first kappa shape index (κ1) is 17.3. The second kappa shape index (κ2) is 9.30. The van der Waals surface area contributed by atoms with Gasteiger partial charge in [0.25, 0.3) is 0 Å². The third-order valence-electron chi connectivity index (χ3n) is 2.66. The lowest BCUT2D eigenvalue weighted by Gasteiger charge is -2.35. The van der Waals surface area contributed by atoms with Crippen LogP contribution in [0.5, 0.6) is 0 Å². The van der Waals surface area contributed by atoms with Crippen LogP contribution in [0.1, 0.15) is 40.5 Å². The molecule has 0 aliphatic carbocycles.